The van der Waals surface area contributed by atoms with Gasteiger partial charge in [-0.25, -0.2) is 8.78 Å². The monoisotopic (exact) mass is 278 g/mol. The van der Waals surface area contributed by atoms with E-state index in [1.807, 2.05) is 6.92 Å². The fraction of sp³-hybridized carbons (Fsp3) is 0.455. The van der Waals surface area contributed by atoms with E-state index in [1.165, 1.54) is 12.1 Å². The van der Waals surface area contributed by atoms with Gasteiger partial charge in [-0.1, -0.05) is 13.3 Å². The van der Waals surface area contributed by atoms with Crippen LogP contribution in [0.2, 0.25) is 0 Å². The highest BCUT2D eigenvalue weighted by Gasteiger charge is 2.11. The van der Waals surface area contributed by atoms with Crippen molar-refractivity contribution in [2.75, 3.05) is 6.61 Å². The van der Waals surface area contributed by atoms with Gasteiger partial charge in [-0.3, -0.25) is 0 Å². The lowest BCUT2D eigenvalue weighted by Gasteiger charge is -2.07. The topological polar surface area (TPSA) is 9.23 Å². The summed E-state index contributed by atoms with van der Waals surface area (Å²) < 4.78 is 32.0. The maximum Gasteiger partial charge on any atom is 0.145 e. The van der Waals surface area contributed by atoms with Crippen LogP contribution in [0, 0.1) is 11.6 Å². The van der Waals surface area contributed by atoms with Crippen molar-refractivity contribution in [3.63, 3.8) is 0 Å². The van der Waals surface area contributed by atoms with Crippen molar-refractivity contribution >= 4 is 15.9 Å². The summed E-state index contributed by atoms with van der Waals surface area (Å²) in [5.74, 6) is -1.14. The van der Waals surface area contributed by atoms with Crippen LogP contribution < -0.4 is 0 Å². The second-order valence-corrected chi connectivity index (χ2v) is 4.08. The highest BCUT2D eigenvalue weighted by molar-refractivity contribution is 9.10. The molecule has 1 nitrogen and oxygen atoms in total. The Balaban J connectivity index is 2.63. The Labute approximate surface area is 96.6 Å². The Morgan fingerprint density at radius 1 is 1.33 bits per heavy atom. The predicted molar refractivity (Wildman–Crippen MR) is 58.6 cm³/mol. The molecule has 0 radical (unpaired) electrons. The maximum atomic E-state index is 13.4. The molecule has 0 unspecified atom stereocenters. The van der Waals surface area contributed by atoms with Gasteiger partial charge in [0, 0.05) is 6.61 Å². The van der Waals surface area contributed by atoms with Gasteiger partial charge < -0.3 is 4.74 Å². The maximum absolute atomic E-state index is 13.4. The summed E-state index contributed by atoms with van der Waals surface area (Å²) in [4.78, 5) is 0. The third-order valence-electron chi connectivity index (χ3n) is 2.03. The second-order valence-electron chi connectivity index (χ2n) is 3.23. The Morgan fingerprint density at radius 2 is 2.07 bits per heavy atom. The van der Waals surface area contributed by atoms with Gasteiger partial charge in [-0.2, -0.15) is 0 Å². The van der Waals surface area contributed by atoms with Crippen LogP contribution in [-0.4, -0.2) is 6.61 Å². The van der Waals surface area contributed by atoms with Crippen LogP contribution in [0.4, 0.5) is 8.78 Å². The number of unbranched alkanes of at least 4 members (excludes halogenated alkanes) is 1. The molecule has 0 amide bonds. The van der Waals surface area contributed by atoms with Crippen LogP contribution in [0.1, 0.15) is 25.3 Å². The Morgan fingerprint density at radius 3 is 2.73 bits per heavy atom. The van der Waals surface area contributed by atoms with Crippen molar-refractivity contribution < 1.29 is 13.5 Å². The molecular formula is C11H13BrF2O. The molecule has 0 aliphatic carbocycles. The van der Waals surface area contributed by atoms with Gasteiger partial charge >= 0.3 is 0 Å². The van der Waals surface area contributed by atoms with Gasteiger partial charge in [0.25, 0.3) is 0 Å². The number of halogens is 3. The molecule has 0 saturated heterocycles. The van der Waals surface area contributed by atoms with Gasteiger partial charge in [0.1, 0.15) is 11.6 Å². The van der Waals surface area contributed by atoms with E-state index >= 15 is 0 Å². The van der Waals surface area contributed by atoms with E-state index in [2.05, 4.69) is 15.9 Å². The molecule has 15 heavy (non-hydrogen) atoms. The molecule has 1 aromatic rings. The standard InChI is InChI=1S/C11H13BrF2O/c1-2-3-6-15-7-8-10(13)5-4-9(12)11(8)14/h4-5H,2-3,6-7H2,1H3. The molecule has 0 aliphatic heterocycles. The first-order valence-electron chi connectivity index (χ1n) is 4.87. The summed E-state index contributed by atoms with van der Waals surface area (Å²) in [7, 11) is 0. The van der Waals surface area contributed by atoms with Gasteiger partial charge in [0.2, 0.25) is 0 Å². The third kappa shape index (κ3) is 3.54. The van der Waals surface area contributed by atoms with Crippen LogP contribution >= 0.6 is 15.9 Å². The molecule has 0 bridgehead atoms. The molecule has 0 heterocycles. The van der Waals surface area contributed by atoms with E-state index in [0.717, 1.165) is 12.8 Å². The molecule has 0 saturated carbocycles. The van der Waals surface area contributed by atoms with Crippen LogP contribution in [0.3, 0.4) is 0 Å². The number of hydrogen-bond acceptors (Lipinski definition) is 1. The van der Waals surface area contributed by atoms with Crippen LogP contribution in [0.5, 0.6) is 0 Å². The van der Waals surface area contributed by atoms with E-state index in [4.69, 9.17) is 4.74 Å². The van der Waals surface area contributed by atoms with Crippen molar-refractivity contribution in [3.05, 3.63) is 33.8 Å². The summed E-state index contributed by atoms with van der Waals surface area (Å²) in [5.41, 5.74) is -0.0134. The molecule has 0 spiro atoms. The van der Waals surface area contributed by atoms with Gasteiger partial charge in [-0.05, 0) is 34.5 Å². The van der Waals surface area contributed by atoms with Crippen molar-refractivity contribution in [1.29, 1.82) is 0 Å². The molecule has 0 aromatic heterocycles. The van der Waals surface area contributed by atoms with Crippen molar-refractivity contribution in [1.82, 2.24) is 0 Å². The summed E-state index contributed by atoms with van der Waals surface area (Å²) in [6, 6.07) is 2.58. The van der Waals surface area contributed by atoms with Crippen molar-refractivity contribution in [3.8, 4) is 0 Å². The number of rotatable bonds is 5. The van der Waals surface area contributed by atoms with E-state index in [-0.39, 0.29) is 16.6 Å². The number of hydrogen-bond donors (Lipinski definition) is 0. The summed E-state index contributed by atoms with van der Waals surface area (Å²) >= 11 is 3.01. The first kappa shape index (κ1) is 12.6. The Bertz CT molecular complexity index is 329. The molecule has 84 valence electrons. The fourth-order valence-electron chi connectivity index (χ4n) is 1.12. The summed E-state index contributed by atoms with van der Waals surface area (Å²) in [5, 5.41) is 0. The van der Waals surface area contributed by atoms with Crippen LogP contribution in [0.15, 0.2) is 16.6 Å². The van der Waals surface area contributed by atoms with Crippen molar-refractivity contribution in [2.45, 2.75) is 26.4 Å². The number of ether oxygens (including phenoxy) is 1. The molecule has 0 atom stereocenters. The molecule has 1 aromatic carbocycles. The smallest absolute Gasteiger partial charge is 0.145 e. The predicted octanol–water partition coefficient (Wildman–Crippen LogP) is 4.04. The third-order valence-corrected chi connectivity index (χ3v) is 2.64. The van der Waals surface area contributed by atoms with Gasteiger partial charge in [0.05, 0.1) is 16.6 Å². The molecule has 0 N–H and O–H groups in total. The lowest BCUT2D eigenvalue weighted by atomic mass is 10.2. The lowest BCUT2D eigenvalue weighted by molar-refractivity contribution is 0.113. The highest BCUT2D eigenvalue weighted by atomic mass is 79.9. The van der Waals surface area contributed by atoms with Crippen LogP contribution in [0.25, 0.3) is 0 Å². The lowest BCUT2D eigenvalue weighted by Crippen LogP contribution is -2.01. The average molecular weight is 279 g/mol. The zero-order valence-electron chi connectivity index (χ0n) is 8.53. The largest absolute Gasteiger partial charge is 0.377 e. The summed E-state index contributed by atoms with van der Waals surface area (Å²) in [6.07, 6.45) is 1.90. The summed E-state index contributed by atoms with van der Waals surface area (Å²) in [6.45, 7) is 2.54. The highest BCUT2D eigenvalue weighted by Crippen LogP contribution is 2.22. The zero-order chi connectivity index (χ0) is 11.3. The molecular weight excluding hydrogens is 266 g/mol. The molecule has 0 fully saturated rings. The molecule has 0 aliphatic rings. The molecule has 4 heteroatoms. The minimum atomic E-state index is -0.577. The zero-order valence-corrected chi connectivity index (χ0v) is 10.1. The van der Waals surface area contributed by atoms with Crippen LogP contribution in [-0.2, 0) is 11.3 Å². The SMILES string of the molecule is CCCCOCc1c(F)ccc(Br)c1F. The fourth-order valence-corrected chi connectivity index (χ4v) is 1.49. The second kappa shape index (κ2) is 6.18. The Hall–Kier alpha value is -0.480. The quantitative estimate of drug-likeness (QED) is 0.583. The van der Waals surface area contributed by atoms with E-state index in [1.54, 1.807) is 0 Å². The van der Waals surface area contributed by atoms with Crippen molar-refractivity contribution in [2.24, 2.45) is 0 Å². The van der Waals surface area contributed by atoms with Gasteiger partial charge in [0.15, 0.2) is 0 Å². The first-order valence-corrected chi connectivity index (χ1v) is 5.66. The van der Waals surface area contributed by atoms with Gasteiger partial charge in [-0.15, -0.1) is 0 Å². The van der Waals surface area contributed by atoms with E-state index in [9.17, 15) is 8.78 Å². The van der Waals surface area contributed by atoms with E-state index < -0.39 is 11.6 Å². The average Bonchev–Trinajstić information content (AvgIpc) is 2.23. The Kier molecular flexibility index (Phi) is 5.19. The number of benzene rings is 1. The minimum absolute atomic E-state index is 0.0134. The molecule has 1 rings (SSSR count). The van der Waals surface area contributed by atoms with E-state index in [0.29, 0.717) is 6.61 Å². The first-order chi connectivity index (χ1) is 7.16. The minimum Gasteiger partial charge on any atom is -0.377 e. The normalized spacial score (nSPS) is 10.7.